The average Bonchev–Trinajstić information content (AvgIpc) is 2.17. The monoisotopic (exact) mass is 215 g/mol. The van der Waals surface area contributed by atoms with E-state index in [9.17, 15) is 13.9 Å². The van der Waals surface area contributed by atoms with Gasteiger partial charge in [-0.05, 0) is 19.1 Å². The second-order valence-corrected chi connectivity index (χ2v) is 2.84. The van der Waals surface area contributed by atoms with E-state index < -0.39 is 29.2 Å². The first-order valence-corrected chi connectivity index (χ1v) is 4.41. The van der Waals surface area contributed by atoms with E-state index in [1.165, 1.54) is 6.07 Å². The summed E-state index contributed by atoms with van der Waals surface area (Å²) in [7, 11) is 0. The Morgan fingerprint density at radius 1 is 1.47 bits per heavy atom. The lowest BCUT2D eigenvalue weighted by molar-refractivity contribution is 0.183. The number of aliphatic hydroxyl groups excluding tert-OH is 1. The SMILES string of the molecule is CCOC(=N)C(O)c1c(F)cccc1F. The molecule has 1 aromatic rings. The van der Waals surface area contributed by atoms with Gasteiger partial charge in [0.25, 0.3) is 0 Å². The highest BCUT2D eigenvalue weighted by atomic mass is 19.1. The Hall–Kier alpha value is -1.49. The summed E-state index contributed by atoms with van der Waals surface area (Å²) in [5.74, 6) is -2.36. The number of halogens is 2. The van der Waals surface area contributed by atoms with Crippen LogP contribution >= 0.6 is 0 Å². The van der Waals surface area contributed by atoms with E-state index in [0.717, 1.165) is 12.1 Å². The number of hydrogen-bond acceptors (Lipinski definition) is 3. The van der Waals surface area contributed by atoms with Crippen LogP contribution in [0.1, 0.15) is 18.6 Å². The molecule has 0 radical (unpaired) electrons. The van der Waals surface area contributed by atoms with Crippen molar-refractivity contribution in [2.24, 2.45) is 0 Å². The van der Waals surface area contributed by atoms with Crippen LogP contribution in [0.25, 0.3) is 0 Å². The molecule has 3 nitrogen and oxygen atoms in total. The van der Waals surface area contributed by atoms with E-state index in [1.54, 1.807) is 6.92 Å². The predicted octanol–water partition coefficient (Wildman–Crippen LogP) is 2.01. The zero-order valence-electron chi connectivity index (χ0n) is 8.13. The quantitative estimate of drug-likeness (QED) is 0.598. The number of rotatable bonds is 3. The molecule has 15 heavy (non-hydrogen) atoms. The van der Waals surface area contributed by atoms with Gasteiger partial charge in [-0.1, -0.05) is 6.07 Å². The van der Waals surface area contributed by atoms with Crippen molar-refractivity contribution in [3.05, 3.63) is 35.4 Å². The summed E-state index contributed by atoms with van der Waals surface area (Å²) in [5, 5.41) is 16.7. The zero-order valence-corrected chi connectivity index (χ0v) is 8.13. The Morgan fingerprint density at radius 3 is 2.47 bits per heavy atom. The molecular weight excluding hydrogens is 204 g/mol. The molecule has 0 aliphatic heterocycles. The number of hydrogen-bond donors (Lipinski definition) is 2. The lowest BCUT2D eigenvalue weighted by atomic mass is 10.1. The van der Waals surface area contributed by atoms with Crippen LogP contribution in [0.5, 0.6) is 0 Å². The zero-order chi connectivity index (χ0) is 11.4. The maximum Gasteiger partial charge on any atom is 0.215 e. The molecule has 0 heterocycles. The minimum atomic E-state index is -1.70. The van der Waals surface area contributed by atoms with Gasteiger partial charge in [0.15, 0.2) is 6.10 Å². The highest BCUT2D eigenvalue weighted by molar-refractivity contribution is 5.79. The van der Waals surface area contributed by atoms with Gasteiger partial charge in [0.1, 0.15) is 11.6 Å². The van der Waals surface area contributed by atoms with Crippen molar-refractivity contribution in [2.75, 3.05) is 6.61 Å². The summed E-state index contributed by atoms with van der Waals surface area (Å²) in [5.41, 5.74) is -0.559. The van der Waals surface area contributed by atoms with Gasteiger partial charge in [0.2, 0.25) is 5.90 Å². The number of aliphatic hydroxyl groups is 1. The summed E-state index contributed by atoms with van der Waals surface area (Å²) in [6.45, 7) is 1.77. The van der Waals surface area contributed by atoms with Gasteiger partial charge in [-0.3, -0.25) is 5.41 Å². The van der Waals surface area contributed by atoms with Crippen molar-refractivity contribution in [2.45, 2.75) is 13.0 Å². The van der Waals surface area contributed by atoms with E-state index in [2.05, 4.69) is 4.74 Å². The van der Waals surface area contributed by atoms with Gasteiger partial charge in [0, 0.05) is 0 Å². The van der Waals surface area contributed by atoms with E-state index in [4.69, 9.17) is 5.41 Å². The van der Waals surface area contributed by atoms with Crippen LogP contribution in [0.4, 0.5) is 8.78 Å². The summed E-state index contributed by atoms with van der Waals surface area (Å²) < 4.78 is 31.0. The van der Waals surface area contributed by atoms with E-state index >= 15 is 0 Å². The maximum absolute atomic E-state index is 13.1. The molecule has 1 rings (SSSR count). The third-order valence-corrected chi connectivity index (χ3v) is 1.82. The van der Waals surface area contributed by atoms with Crippen molar-refractivity contribution in [3.63, 3.8) is 0 Å². The van der Waals surface area contributed by atoms with E-state index in [0.29, 0.717) is 0 Å². The largest absolute Gasteiger partial charge is 0.479 e. The van der Waals surface area contributed by atoms with Gasteiger partial charge < -0.3 is 9.84 Å². The Morgan fingerprint density at radius 2 is 2.00 bits per heavy atom. The topological polar surface area (TPSA) is 53.3 Å². The molecule has 0 aliphatic carbocycles. The molecule has 0 saturated carbocycles. The van der Waals surface area contributed by atoms with Crippen LogP contribution in [0.2, 0.25) is 0 Å². The highest BCUT2D eigenvalue weighted by Gasteiger charge is 2.22. The van der Waals surface area contributed by atoms with Gasteiger partial charge >= 0.3 is 0 Å². The molecule has 0 amide bonds. The molecule has 0 bridgehead atoms. The Kier molecular flexibility index (Phi) is 3.74. The van der Waals surface area contributed by atoms with Crippen molar-refractivity contribution in [3.8, 4) is 0 Å². The van der Waals surface area contributed by atoms with Crippen LogP contribution in [0, 0.1) is 17.0 Å². The van der Waals surface area contributed by atoms with Crippen LogP contribution < -0.4 is 0 Å². The normalized spacial score (nSPS) is 12.3. The second-order valence-electron chi connectivity index (χ2n) is 2.84. The second kappa shape index (κ2) is 4.84. The van der Waals surface area contributed by atoms with Gasteiger partial charge in [0.05, 0.1) is 12.2 Å². The summed E-state index contributed by atoms with van der Waals surface area (Å²) in [4.78, 5) is 0. The Bertz CT molecular complexity index is 348. The van der Waals surface area contributed by atoms with Crippen molar-refractivity contribution in [1.82, 2.24) is 0 Å². The van der Waals surface area contributed by atoms with Crippen molar-refractivity contribution >= 4 is 5.90 Å². The fourth-order valence-corrected chi connectivity index (χ4v) is 1.14. The fourth-order valence-electron chi connectivity index (χ4n) is 1.14. The first-order chi connectivity index (χ1) is 7.07. The molecule has 0 spiro atoms. The molecule has 1 unspecified atom stereocenters. The number of nitrogens with one attached hydrogen (secondary N) is 1. The van der Waals surface area contributed by atoms with Crippen LogP contribution in [0.3, 0.4) is 0 Å². The van der Waals surface area contributed by atoms with Crippen LogP contribution in [-0.2, 0) is 4.74 Å². The average molecular weight is 215 g/mol. The Labute approximate surface area is 85.8 Å². The van der Waals surface area contributed by atoms with Crippen LogP contribution in [0.15, 0.2) is 18.2 Å². The summed E-state index contributed by atoms with van der Waals surface area (Å²) in [6.07, 6.45) is -1.70. The lowest BCUT2D eigenvalue weighted by Gasteiger charge is -2.13. The molecule has 1 atom stereocenters. The minimum absolute atomic E-state index is 0.159. The molecule has 0 fully saturated rings. The Balaban J connectivity index is 3.00. The standard InChI is InChI=1S/C10H11F2NO2/c1-2-15-10(13)9(14)8-6(11)4-3-5-7(8)12/h3-5,9,13-14H,2H2,1H3. The molecule has 0 aliphatic rings. The maximum atomic E-state index is 13.1. The predicted molar refractivity (Wildman–Crippen MR) is 50.7 cm³/mol. The van der Waals surface area contributed by atoms with Gasteiger partial charge in [-0.2, -0.15) is 0 Å². The van der Waals surface area contributed by atoms with Crippen molar-refractivity contribution in [1.29, 1.82) is 5.41 Å². The van der Waals surface area contributed by atoms with E-state index in [1.807, 2.05) is 0 Å². The molecule has 0 saturated heterocycles. The minimum Gasteiger partial charge on any atom is -0.479 e. The highest BCUT2D eigenvalue weighted by Crippen LogP contribution is 2.21. The molecular formula is C10H11F2NO2. The summed E-state index contributed by atoms with van der Waals surface area (Å²) >= 11 is 0. The third-order valence-electron chi connectivity index (χ3n) is 1.82. The summed E-state index contributed by atoms with van der Waals surface area (Å²) in [6, 6.07) is 3.22. The first kappa shape index (κ1) is 11.6. The van der Waals surface area contributed by atoms with Gasteiger partial charge in [-0.25, -0.2) is 8.78 Å². The van der Waals surface area contributed by atoms with Gasteiger partial charge in [-0.15, -0.1) is 0 Å². The molecule has 2 N–H and O–H groups in total. The molecule has 5 heteroatoms. The first-order valence-electron chi connectivity index (χ1n) is 4.41. The van der Waals surface area contributed by atoms with E-state index in [-0.39, 0.29) is 6.61 Å². The third kappa shape index (κ3) is 2.50. The fraction of sp³-hybridized carbons (Fsp3) is 0.300. The van der Waals surface area contributed by atoms with Crippen LogP contribution in [-0.4, -0.2) is 17.6 Å². The lowest BCUT2D eigenvalue weighted by Crippen LogP contribution is -2.17. The number of ether oxygens (including phenoxy) is 1. The smallest absolute Gasteiger partial charge is 0.215 e. The molecule has 0 aromatic heterocycles. The molecule has 1 aromatic carbocycles. The molecule has 82 valence electrons. The number of benzene rings is 1. The van der Waals surface area contributed by atoms with Crippen molar-refractivity contribution < 1.29 is 18.6 Å².